The Balaban J connectivity index is 2.09. The number of hydrogen-bond donors (Lipinski definition) is 0. The minimum Gasteiger partial charge on any atom is -0.297 e. The molecule has 2 aliphatic heterocycles. The maximum atomic E-state index is 13.9. The number of rotatable bonds is 2. The van der Waals surface area contributed by atoms with Crippen molar-refractivity contribution in [2.75, 3.05) is 13.0 Å². The van der Waals surface area contributed by atoms with Crippen molar-refractivity contribution in [3.63, 3.8) is 0 Å². The van der Waals surface area contributed by atoms with E-state index < -0.39 is 36.2 Å². The van der Waals surface area contributed by atoms with Crippen LogP contribution in [0.1, 0.15) is 51.4 Å². The van der Waals surface area contributed by atoms with Gasteiger partial charge in [0.15, 0.2) is 0 Å². The summed E-state index contributed by atoms with van der Waals surface area (Å²) < 4.78 is 61.0. The fourth-order valence-corrected chi connectivity index (χ4v) is 3.41. The van der Waals surface area contributed by atoms with E-state index in [1.807, 2.05) is 0 Å². The molecule has 1 saturated carbocycles. The molecule has 1 nitrogen and oxygen atoms in total. The van der Waals surface area contributed by atoms with E-state index in [1.165, 1.54) is 4.90 Å². The first-order chi connectivity index (χ1) is 8.95. The Hall–Kier alpha value is -0.180. The van der Waals surface area contributed by atoms with E-state index in [0.29, 0.717) is 19.4 Å². The van der Waals surface area contributed by atoms with Crippen LogP contribution in [0.5, 0.6) is 0 Å². The summed E-state index contributed by atoms with van der Waals surface area (Å²) in [6.07, 6.45) is -1.04. The van der Waals surface area contributed by atoms with Gasteiger partial charge in [-0.05, 0) is 38.1 Å². The molecular weight excluding hydrogens is 208 g/mol. The van der Waals surface area contributed by atoms with Gasteiger partial charge in [-0.2, -0.15) is 0 Å². The summed E-state index contributed by atoms with van der Waals surface area (Å²) >= 11 is 0. The quantitative estimate of drug-likeness (QED) is 0.707. The lowest BCUT2D eigenvalue weighted by Crippen LogP contribution is -2.39. The molecule has 0 bridgehead atoms. The van der Waals surface area contributed by atoms with Gasteiger partial charge < -0.3 is 0 Å². The van der Waals surface area contributed by atoms with Crippen LogP contribution in [0.4, 0.5) is 8.78 Å². The van der Waals surface area contributed by atoms with E-state index in [4.69, 9.17) is 5.48 Å². The van der Waals surface area contributed by atoms with Crippen LogP contribution >= 0.6 is 0 Å². The molecule has 0 aromatic carbocycles. The molecule has 0 amide bonds. The molecule has 0 aromatic heterocycles. The number of nitrogens with zero attached hydrogens (tertiary/aromatic N) is 1. The van der Waals surface area contributed by atoms with Crippen LogP contribution in [0.15, 0.2) is 0 Å². The van der Waals surface area contributed by atoms with Crippen LogP contribution in [0.2, 0.25) is 0 Å². The summed E-state index contributed by atoms with van der Waals surface area (Å²) in [7, 11) is 0. The fourth-order valence-electron chi connectivity index (χ4n) is 3.41. The van der Waals surface area contributed by atoms with Crippen LogP contribution < -0.4 is 0 Å². The normalized spacial score (nSPS) is 53.3. The molecule has 3 aliphatic rings. The topological polar surface area (TPSA) is 3.24 Å². The molecule has 3 heteroatoms. The molecular formula is C13H21F2N. The molecule has 0 aromatic rings. The summed E-state index contributed by atoms with van der Waals surface area (Å²) in [5.41, 5.74) is -2.76. The second-order valence-electron chi connectivity index (χ2n) is 5.84. The van der Waals surface area contributed by atoms with Crippen molar-refractivity contribution < 1.29 is 14.3 Å². The predicted octanol–water partition coefficient (Wildman–Crippen LogP) is 3.30. The molecule has 2 saturated heterocycles. The van der Waals surface area contributed by atoms with Gasteiger partial charge in [0.25, 0.3) is 5.92 Å². The average Bonchev–Trinajstić information content (AvgIpc) is 2.64. The van der Waals surface area contributed by atoms with E-state index in [0.717, 1.165) is 0 Å². The molecule has 3 rings (SSSR count). The second kappa shape index (κ2) is 2.98. The van der Waals surface area contributed by atoms with Crippen molar-refractivity contribution in [1.29, 1.82) is 0 Å². The highest BCUT2D eigenvalue weighted by Crippen LogP contribution is 2.70. The zero-order chi connectivity index (χ0) is 15.2. The Morgan fingerprint density at radius 3 is 2.69 bits per heavy atom. The maximum absolute atomic E-state index is 13.9. The van der Waals surface area contributed by atoms with E-state index >= 15 is 0 Å². The molecule has 0 radical (unpaired) electrons. The van der Waals surface area contributed by atoms with Gasteiger partial charge in [0.05, 0.1) is 5.41 Å². The standard InChI is InChI=1S/C13H21F2N/c1-10(2)6-12-4-3-5-16(12)9-11(7-12)8-13(11,14)15/h10H,3-9H2,1-2H3/t11-,12-/m1/s1/i6D2,9D2. The summed E-state index contributed by atoms with van der Waals surface area (Å²) in [4.78, 5) is 1.43. The lowest BCUT2D eigenvalue weighted by molar-refractivity contribution is 0.0654. The molecule has 16 heavy (non-hydrogen) atoms. The van der Waals surface area contributed by atoms with Crippen LogP contribution in [0.25, 0.3) is 0 Å². The molecule has 92 valence electrons. The van der Waals surface area contributed by atoms with Crippen molar-refractivity contribution in [2.24, 2.45) is 11.3 Å². The van der Waals surface area contributed by atoms with Gasteiger partial charge in [0, 0.05) is 23.9 Å². The molecule has 0 N–H and O–H groups in total. The van der Waals surface area contributed by atoms with Crippen molar-refractivity contribution in [3.8, 4) is 0 Å². The van der Waals surface area contributed by atoms with Gasteiger partial charge >= 0.3 is 0 Å². The molecule has 1 spiro atoms. The Bertz CT molecular complexity index is 454. The molecule has 0 unspecified atom stereocenters. The van der Waals surface area contributed by atoms with Gasteiger partial charge in [-0.1, -0.05) is 13.8 Å². The third-order valence-corrected chi connectivity index (χ3v) is 4.09. The fraction of sp³-hybridized carbons (Fsp3) is 1.00. The number of fused-ring (bicyclic) bond motifs is 1. The Labute approximate surface area is 102 Å². The lowest BCUT2D eigenvalue weighted by atomic mass is 9.82. The number of halogens is 2. The molecule has 2 atom stereocenters. The number of hydrogen-bond acceptors (Lipinski definition) is 1. The Kier molecular flexibility index (Phi) is 1.36. The summed E-state index contributed by atoms with van der Waals surface area (Å²) in [5, 5.41) is 0. The van der Waals surface area contributed by atoms with Crippen LogP contribution in [0.3, 0.4) is 0 Å². The highest BCUT2D eigenvalue weighted by Gasteiger charge is 2.76. The minimum atomic E-state index is -3.00. The van der Waals surface area contributed by atoms with Gasteiger partial charge in [0.2, 0.25) is 0 Å². The zero-order valence-corrected chi connectivity index (χ0v) is 9.82. The molecule has 2 heterocycles. The van der Waals surface area contributed by atoms with Crippen molar-refractivity contribution >= 4 is 0 Å². The van der Waals surface area contributed by atoms with Crippen LogP contribution in [-0.2, 0) is 0 Å². The highest BCUT2D eigenvalue weighted by molar-refractivity contribution is 5.22. The summed E-state index contributed by atoms with van der Waals surface area (Å²) in [5.74, 6) is -3.33. The monoisotopic (exact) mass is 233 g/mol. The zero-order valence-electron chi connectivity index (χ0n) is 13.8. The van der Waals surface area contributed by atoms with Crippen molar-refractivity contribution in [2.45, 2.75) is 57.4 Å². The first kappa shape index (κ1) is 7.30. The predicted molar refractivity (Wildman–Crippen MR) is 59.6 cm³/mol. The molecule has 3 fully saturated rings. The van der Waals surface area contributed by atoms with Crippen molar-refractivity contribution in [3.05, 3.63) is 0 Å². The second-order valence-corrected chi connectivity index (χ2v) is 5.84. The van der Waals surface area contributed by atoms with Crippen molar-refractivity contribution in [1.82, 2.24) is 4.90 Å². The van der Waals surface area contributed by atoms with Crippen LogP contribution in [0, 0.1) is 11.3 Å². The first-order valence-corrected chi connectivity index (χ1v) is 6.10. The van der Waals surface area contributed by atoms with Gasteiger partial charge in [-0.25, -0.2) is 8.78 Å². The van der Waals surface area contributed by atoms with E-state index in [-0.39, 0.29) is 12.3 Å². The number of alkyl halides is 2. The van der Waals surface area contributed by atoms with E-state index in [2.05, 4.69) is 0 Å². The smallest absolute Gasteiger partial charge is 0.255 e. The SMILES string of the molecule is [2H]C([2H])(C(C)C)[C@@]12CCCN1C([2H])([2H])[C@]1(CC1(F)F)C2. The van der Waals surface area contributed by atoms with Crippen LogP contribution in [-0.4, -0.2) is 29.4 Å². The van der Waals surface area contributed by atoms with E-state index in [9.17, 15) is 8.78 Å². The summed E-state index contributed by atoms with van der Waals surface area (Å²) in [6, 6.07) is 0. The average molecular weight is 233 g/mol. The van der Waals surface area contributed by atoms with Gasteiger partial charge in [0.1, 0.15) is 0 Å². The van der Waals surface area contributed by atoms with Gasteiger partial charge in [-0.3, -0.25) is 4.90 Å². The first-order valence-electron chi connectivity index (χ1n) is 8.10. The third kappa shape index (κ3) is 1.30. The third-order valence-electron chi connectivity index (χ3n) is 4.09. The van der Waals surface area contributed by atoms with Gasteiger partial charge in [-0.15, -0.1) is 0 Å². The van der Waals surface area contributed by atoms with E-state index in [1.54, 1.807) is 13.8 Å². The maximum Gasteiger partial charge on any atom is 0.255 e. The Morgan fingerprint density at radius 1 is 1.44 bits per heavy atom. The largest absolute Gasteiger partial charge is 0.297 e. The summed E-state index contributed by atoms with van der Waals surface area (Å²) in [6.45, 7) is 1.75. The lowest BCUT2D eigenvalue weighted by Gasteiger charge is -2.33. The highest BCUT2D eigenvalue weighted by atomic mass is 19.3. The minimum absolute atomic E-state index is 0.0643. The Morgan fingerprint density at radius 2 is 2.12 bits per heavy atom. The molecule has 1 aliphatic carbocycles.